The van der Waals surface area contributed by atoms with Crippen LogP contribution >= 0.6 is 0 Å². The number of pyridine rings is 1. The smallest absolute Gasteiger partial charge is 0.330 e. The van der Waals surface area contributed by atoms with E-state index >= 15 is 0 Å². The van der Waals surface area contributed by atoms with Crippen molar-refractivity contribution < 1.29 is 9.21 Å². The average Bonchev–Trinajstić information content (AvgIpc) is 3.31. The highest BCUT2D eigenvalue weighted by atomic mass is 16.3. The van der Waals surface area contributed by atoms with E-state index in [0.717, 1.165) is 11.9 Å². The molecule has 1 saturated heterocycles. The molecule has 0 bridgehead atoms. The van der Waals surface area contributed by atoms with Crippen LogP contribution in [0.15, 0.2) is 39.9 Å². The van der Waals surface area contributed by atoms with Gasteiger partial charge >= 0.3 is 5.69 Å². The zero-order chi connectivity index (χ0) is 17.6. The number of aryl methyl sites for hydroxylation is 2. The van der Waals surface area contributed by atoms with Gasteiger partial charge in [-0.15, -0.1) is 0 Å². The Labute approximate surface area is 144 Å². The number of nitrogens with zero attached hydrogens (tertiary/aromatic N) is 4. The summed E-state index contributed by atoms with van der Waals surface area (Å²) >= 11 is 0. The number of hydrogen-bond acceptors (Lipinski definition) is 4. The van der Waals surface area contributed by atoms with E-state index in [0.29, 0.717) is 36.6 Å². The van der Waals surface area contributed by atoms with Gasteiger partial charge < -0.3 is 9.32 Å². The molecule has 0 unspecified atom stereocenters. The standard InChI is InChI=1S/C18H20N4O3/c1-3-21-15-5-4-8-19-16(15)22(18(21)24)13-6-9-20(11-13)17(23)14-7-10-25-12(14)2/h4-5,7-8,10,13H,3,6,9,11H2,1-2H3/t13-/m1/s1. The molecule has 4 heterocycles. The molecule has 0 N–H and O–H groups in total. The number of imidazole rings is 1. The molecule has 25 heavy (non-hydrogen) atoms. The lowest BCUT2D eigenvalue weighted by Gasteiger charge is -2.16. The van der Waals surface area contributed by atoms with Crippen molar-refractivity contribution in [2.24, 2.45) is 0 Å². The quantitative estimate of drug-likeness (QED) is 0.733. The van der Waals surface area contributed by atoms with E-state index in [4.69, 9.17) is 4.42 Å². The first-order valence-corrected chi connectivity index (χ1v) is 8.51. The number of likely N-dealkylation sites (tertiary alicyclic amines) is 1. The van der Waals surface area contributed by atoms with E-state index in [9.17, 15) is 9.59 Å². The van der Waals surface area contributed by atoms with Crippen LogP contribution in [0.4, 0.5) is 0 Å². The van der Waals surface area contributed by atoms with Gasteiger partial charge in [-0.3, -0.25) is 13.9 Å². The van der Waals surface area contributed by atoms with Crippen molar-refractivity contribution in [2.45, 2.75) is 32.9 Å². The van der Waals surface area contributed by atoms with Crippen LogP contribution in [0.3, 0.4) is 0 Å². The Kier molecular flexibility index (Phi) is 3.71. The Morgan fingerprint density at radius 3 is 2.96 bits per heavy atom. The monoisotopic (exact) mass is 340 g/mol. The molecule has 130 valence electrons. The highest BCUT2D eigenvalue weighted by molar-refractivity contribution is 5.95. The lowest BCUT2D eigenvalue weighted by Crippen LogP contribution is -2.32. The van der Waals surface area contributed by atoms with Crippen LogP contribution in [0.2, 0.25) is 0 Å². The molecule has 1 aliphatic heterocycles. The summed E-state index contributed by atoms with van der Waals surface area (Å²) in [6, 6.07) is 5.39. The second kappa shape index (κ2) is 5.91. The Morgan fingerprint density at radius 2 is 2.24 bits per heavy atom. The molecule has 7 nitrogen and oxygen atoms in total. The van der Waals surface area contributed by atoms with Gasteiger partial charge in [0.25, 0.3) is 5.91 Å². The van der Waals surface area contributed by atoms with Gasteiger partial charge in [0.05, 0.1) is 23.4 Å². The predicted octanol–water partition coefficient (Wildman–Crippen LogP) is 2.21. The minimum absolute atomic E-state index is 0.0472. The van der Waals surface area contributed by atoms with Crippen molar-refractivity contribution in [3.63, 3.8) is 0 Å². The van der Waals surface area contributed by atoms with E-state index < -0.39 is 0 Å². The summed E-state index contributed by atoms with van der Waals surface area (Å²) in [6.07, 6.45) is 3.96. The van der Waals surface area contributed by atoms with E-state index in [1.165, 1.54) is 6.26 Å². The molecule has 0 radical (unpaired) electrons. The Hall–Kier alpha value is -2.83. The molecule has 1 aliphatic rings. The van der Waals surface area contributed by atoms with Gasteiger partial charge in [0.2, 0.25) is 0 Å². The molecule has 0 spiro atoms. The Balaban J connectivity index is 1.68. The number of carbonyl (C=O) groups excluding carboxylic acids is 1. The zero-order valence-electron chi connectivity index (χ0n) is 14.3. The van der Waals surface area contributed by atoms with Gasteiger partial charge in [-0.25, -0.2) is 9.78 Å². The zero-order valence-corrected chi connectivity index (χ0v) is 14.3. The van der Waals surface area contributed by atoms with Crippen LogP contribution in [0.5, 0.6) is 0 Å². The summed E-state index contributed by atoms with van der Waals surface area (Å²) in [5, 5.41) is 0. The topological polar surface area (TPSA) is 73.3 Å². The number of fused-ring (bicyclic) bond motifs is 1. The number of carbonyl (C=O) groups is 1. The van der Waals surface area contributed by atoms with Crippen LogP contribution in [-0.4, -0.2) is 38.0 Å². The number of amides is 1. The van der Waals surface area contributed by atoms with Crippen LogP contribution in [0, 0.1) is 6.92 Å². The first-order valence-electron chi connectivity index (χ1n) is 8.51. The van der Waals surface area contributed by atoms with Gasteiger partial charge in [-0.2, -0.15) is 0 Å². The molecule has 1 atom stereocenters. The van der Waals surface area contributed by atoms with Gasteiger partial charge in [0, 0.05) is 25.8 Å². The molecule has 0 aliphatic carbocycles. The highest BCUT2D eigenvalue weighted by Gasteiger charge is 2.32. The summed E-state index contributed by atoms with van der Waals surface area (Å²) in [7, 11) is 0. The first-order chi connectivity index (χ1) is 12.1. The van der Waals surface area contributed by atoms with Crippen molar-refractivity contribution in [2.75, 3.05) is 13.1 Å². The number of hydrogen-bond donors (Lipinski definition) is 0. The van der Waals surface area contributed by atoms with E-state index in [1.54, 1.807) is 33.2 Å². The molecule has 1 fully saturated rings. The van der Waals surface area contributed by atoms with Crippen molar-refractivity contribution in [3.05, 3.63) is 52.5 Å². The van der Waals surface area contributed by atoms with Crippen LogP contribution < -0.4 is 5.69 Å². The van der Waals surface area contributed by atoms with Crippen LogP contribution in [0.25, 0.3) is 11.2 Å². The summed E-state index contributed by atoms with van der Waals surface area (Å²) in [5.41, 5.74) is 2.05. The molecule has 4 rings (SSSR count). The van der Waals surface area contributed by atoms with Crippen LogP contribution in [-0.2, 0) is 6.54 Å². The molecule has 3 aromatic rings. The normalized spacial score (nSPS) is 17.5. The molecule has 0 saturated carbocycles. The molecule has 0 aromatic carbocycles. The van der Waals surface area contributed by atoms with Gasteiger partial charge in [-0.05, 0) is 38.5 Å². The number of aromatic nitrogens is 3. The summed E-state index contributed by atoms with van der Waals surface area (Å²) in [6.45, 7) is 5.45. The molecule has 1 amide bonds. The molecular formula is C18H20N4O3. The summed E-state index contributed by atoms with van der Waals surface area (Å²) in [5.74, 6) is 0.573. The highest BCUT2D eigenvalue weighted by Crippen LogP contribution is 2.26. The largest absolute Gasteiger partial charge is 0.469 e. The fourth-order valence-corrected chi connectivity index (χ4v) is 3.66. The summed E-state index contributed by atoms with van der Waals surface area (Å²) in [4.78, 5) is 31.7. The third-order valence-electron chi connectivity index (χ3n) is 4.94. The second-order valence-corrected chi connectivity index (χ2v) is 6.33. The van der Waals surface area contributed by atoms with Crippen molar-refractivity contribution in [1.29, 1.82) is 0 Å². The van der Waals surface area contributed by atoms with Gasteiger partial charge in [0.15, 0.2) is 5.65 Å². The number of rotatable bonds is 3. The maximum atomic E-state index is 12.8. The molecule has 3 aromatic heterocycles. The Bertz CT molecular complexity index is 997. The lowest BCUT2D eigenvalue weighted by molar-refractivity contribution is 0.0786. The number of furan rings is 1. The minimum atomic E-state index is -0.0612. The fraction of sp³-hybridized carbons (Fsp3) is 0.389. The molecular weight excluding hydrogens is 320 g/mol. The first kappa shape index (κ1) is 15.7. The maximum absolute atomic E-state index is 12.8. The fourth-order valence-electron chi connectivity index (χ4n) is 3.66. The minimum Gasteiger partial charge on any atom is -0.469 e. The summed E-state index contributed by atoms with van der Waals surface area (Å²) < 4.78 is 8.71. The Morgan fingerprint density at radius 1 is 1.40 bits per heavy atom. The SMILES string of the molecule is CCn1c(=O)n([C@@H]2CCN(C(=O)c3ccoc3C)C2)c2ncccc21. The maximum Gasteiger partial charge on any atom is 0.330 e. The van der Waals surface area contributed by atoms with Gasteiger partial charge in [0.1, 0.15) is 5.76 Å². The average molecular weight is 340 g/mol. The second-order valence-electron chi connectivity index (χ2n) is 6.33. The third-order valence-corrected chi connectivity index (χ3v) is 4.94. The van der Waals surface area contributed by atoms with Crippen LogP contribution in [0.1, 0.15) is 35.5 Å². The third kappa shape index (κ3) is 2.38. The van der Waals surface area contributed by atoms with Crippen molar-refractivity contribution in [3.8, 4) is 0 Å². The van der Waals surface area contributed by atoms with Gasteiger partial charge in [-0.1, -0.05) is 0 Å². The molecule has 7 heteroatoms. The van der Waals surface area contributed by atoms with Crippen molar-refractivity contribution >= 4 is 17.1 Å². The van der Waals surface area contributed by atoms with Crippen molar-refractivity contribution in [1.82, 2.24) is 19.0 Å². The van der Waals surface area contributed by atoms with E-state index in [2.05, 4.69) is 4.98 Å². The van der Waals surface area contributed by atoms with E-state index in [-0.39, 0.29) is 17.6 Å². The lowest BCUT2D eigenvalue weighted by atomic mass is 10.2. The van der Waals surface area contributed by atoms with E-state index in [1.807, 2.05) is 19.1 Å². The predicted molar refractivity (Wildman–Crippen MR) is 92.7 cm³/mol.